The van der Waals surface area contributed by atoms with Crippen molar-refractivity contribution in [3.63, 3.8) is 0 Å². The molecule has 3 heterocycles. The van der Waals surface area contributed by atoms with Crippen molar-refractivity contribution in [1.29, 1.82) is 0 Å². The maximum atomic E-state index is 12.3. The molecule has 27 heavy (non-hydrogen) atoms. The second-order valence-corrected chi connectivity index (χ2v) is 8.62. The van der Waals surface area contributed by atoms with Gasteiger partial charge in [-0.25, -0.2) is 4.79 Å². The summed E-state index contributed by atoms with van der Waals surface area (Å²) in [7, 11) is 1.56. The van der Waals surface area contributed by atoms with Gasteiger partial charge in [-0.3, -0.25) is 4.79 Å². The first kappa shape index (κ1) is 20.3. The largest absolute Gasteiger partial charge is 0.461 e. The third-order valence-corrected chi connectivity index (χ3v) is 6.34. The van der Waals surface area contributed by atoms with E-state index in [9.17, 15) is 14.7 Å². The summed E-state index contributed by atoms with van der Waals surface area (Å²) in [5, 5.41) is 10.8. The molecule has 0 aliphatic carbocycles. The molecule has 0 aromatic carbocycles. The van der Waals surface area contributed by atoms with Gasteiger partial charge in [0.15, 0.2) is 5.79 Å². The molecule has 0 aromatic heterocycles. The van der Waals surface area contributed by atoms with E-state index in [-0.39, 0.29) is 24.2 Å². The summed E-state index contributed by atoms with van der Waals surface area (Å²) in [4.78, 5) is 24.6. The Hall–Kier alpha value is -1.44. The van der Waals surface area contributed by atoms with Gasteiger partial charge in [-0.1, -0.05) is 27.4 Å². The van der Waals surface area contributed by atoms with Gasteiger partial charge in [-0.2, -0.15) is 0 Å². The van der Waals surface area contributed by atoms with Crippen LogP contribution in [0.5, 0.6) is 0 Å². The van der Waals surface area contributed by atoms with Crippen LogP contribution in [0.4, 0.5) is 0 Å². The number of fused-ring (bicyclic) bond motifs is 3. The van der Waals surface area contributed by atoms with Crippen LogP contribution in [-0.4, -0.2) is 53.9 Å². The quantitative estimate of drug-likeness (QED) is 0.589. The minimum absolute atomic E-state index is 0.148. The molecule has 3 rings (SSSR count). The summed E-state index contributed by atoms with van der Waals surface area (Å²) < 4.78 is 23.4. The Morgan fingerprint density at radius 1 is 1.37 bits per heavy atom. The Bertz CT molecular complexity index is 644. The molecule has 7 atom stereocenters. The van der Waals surface area contributed by atoms with Crippen LogP contribution in [0.15, 0.2) is 12.2 Å². The highest BCUT2D eigenvalue weighted by Crippen LogP contribution is 2.51. The zero-order valence-corrected chi connectivity index (χ0v) is 16.7. The molecular formula is C20H30O7. The summed E-state index contributed by atoms with van der Waals surface area (Å²) in [6.45, 7) is 11.1. The summed E-state index contributed by atoms with van der Waals surface area (Å²) >= 11 is 0. The molecule has 0 unspecified atom stereocenters. The summed E-state index contributed by atoms with van der Waals surface area (Å²) in [5.74, 6) is -2.75. The maximum absolute atomic E-state index is 12.3. The van der Waals surface area contributed by atoms with Gasteiger partial charge in [0.1, 0.15) is 12.2 Å². The topological polar surface area (TPSA) is 91.3 Å². The standard InChI is InChI=1S/C20H30O7/c1-10(2)17(22)26-14-8-19(5)15(21)9-20(24-6,27-19)11(3)7-13-16(14)12(4)18(23)25-13/h10-11,13-16,21H,4,7-9H2,1-3,5-6H3/t11-,13+,14+,15+,16-,19-,20-/m0/s1. The maximum Gasteiger partial charge on any atom is 0.334 e. The van der Waals surface area contributed by atoms with Crippen molar-refractivity contribution < 1.29 is 33.6 Å². The second-order valence-electron chi connectivity index (χ2n) is 8.62. The van der Waals surface area contributed by atoms with Crippen LogP contribution in [0.2, 0.25) is 0 Å². The molecule has 152 valence electrons. The molecule has 3 saturated heterocycles. The third-order valence-electron chi connectivity index (χ3n) is 6.34. The lowest BCUT2D eigenvalue weighted by atomic mass is 9.78. The number of methoxy groups -OCH3 is 1. The molecular weight excluding hydrogens is 352 g/mol. The highest BCUT2D eigenvalue weighted by atomic mass is 16.7. The van der Waals surface area contributed by atoms with Crippen LogP contribution >= 0.6 is 0 Å². The SMILES string of the molecule is C=C1C(=O)O[C@@H]2C[C@H](C)[C@]3(OC)C[C@@H](O)[C@](C)(C[C@@H](OC(=O)C(C)C)[C@@H]12)O3. The minimum Gasteiger partial charge on any atom is -0.461 e. The van der Waals surface area contributed by atoms with E-state index in [1.807, 2.05) is 6.92 Å². The van der Waals surface area contributed by atoms with Crippen molar-refractivity contribution in [3.05, 3.63) is 12.2 Å². The van der Waals surface area contributed by atoms with E-state index in [2.05, 4.69) is 6.58 Å². The average molecular weight is 382 g/mol. The minimum atomic E-state index is -0.980. The van der Waals surface area contributed by atoms with E-state index in [0.29, 0.717) is 18.4 Å². The molecule has 0 spiro atoms. The monoisotopic (exact) mass is 382 g/mol. The first-order valence-corrected chi connectivity index (χ1v) is 9.56. The number of hydrogen-bond acceptors (Lipinski definition) is 7. The van der Waals surface area contributed by atoms with Crippen LogP contribution < -0.4 is 0 Å². The fourth-order valence-electron chi connectivity index (χ4n) is 4.56. The van der Waals surface area contributed by atoms with Crippen LogP contribution in [0.25, 0.3) is 0 Å². The van der Waals surface area contributed by atoms with E-state index in [1.54, 1.807) is 27.9 Å². The van der Waals surface area contributed by atoms with Crippen LogP contribution in [-0.2, 0) is 28.5 Å². The number of hydrogen-bond donors (Lipinski definition) is 1. The highest BCUT2D eigenvalue weighted by molar-refractivity contribution is 5.91. The fraction of sp³-hybridized carbons (Fsp3) is 0.800. The Kier molecular flexibility index (Phi) is 5.16. The molecule has 3 aliphatic heterocycles. The first-order chi connectivity index (χ1) is 12.5. The Labute approximate surface area is 160 Å². The van der Waals surface area contributed by atoms with Crippen molar-refractivity contribution in [3.8, 4) is 0 Å². The molecule has 2 bridgehead atoms. The van der Waals surface area contributed by atoms with Crippen molar-refractivity contribution >= 4 is 11.9 Å². The van der Waals surface area contributed by atoms with Crippen molar-refractivity contribution in [2.24, 2.45) is 17.8 Å². The van der Waals surface area contributed by atoms with Crippen LogP contribution in [0.3, 0.4) is 0 Å². The van der Waals surface area contributed by atoms with Gasteiger partial charge in [0.25, 0.3) is 0 Å². The van der Waals surface area contributed by atoms with E-state index >= 15 is 0 Å². The molecule has 0 saturated carbocycles. The fourth-order valence-corrected chi connectivity index (χ4v) is 4.56. The summed E-state index contributed by atoms with van der Waals surface area (Å²) in [5.41, 5.74) is -0.677. The van der Waals surface area contributed by atoms with E-state index in [1.165, 1.54) is 0 Å². The number of aliphatic hydroxyl groups is 1. The van der Waals surface area contributed by atoms with Gasteiger partial charge in [0.05, 0.1) is 23.5 Å². The number of aliphatic hydroxyl groups excluding tert-OH is 1. The molecule has 1 N–H and O–H groups in total. The summed E-state index contributed by atoms with van der Waals surface area (Å²) in [6.07, 6.45) is -0.952. The lowest BCUT2D eigenvalue weighted by Crippen LogP contribution is -2.45. The summed E-state index contributed by atoms with van der Waals surface area (Å²) in [6, 6.07) is 0. The van der Waals surface area contributed by atoms with E-state index in [4.69, 9.17) is 18.9 Å². The van der Waals surface area contributed by atoms with Gasteiger partial charge < -0.3 is 24.1 Å². The average Bonchev–Trinajstić information content (AvgIpc) is 3.01. The Balaban J connectivity index is 2.03. The van der Waals surface area contributed by atoms with Crippen LogP contribution in [0, 0.1) is 17.8 Å². The van der Waals surface area contributed by atoms with Gasteiger partial charge in [-0.05, 0) is 13.3 Å². The molecule has 0 aromatic rings. The van der Waals surface area contributed by atoms with Crippen molar-refractivity contribution in [2.75, 3.05) is 7.11 Å². The lowest BCUT2D eigenvalue weighted by Gasteiger charge is -2.36. The highest BCUT2D eigenvalue weighted by Gasteiger charge is 2.61. The van der Waals surface area contributed by atoms with Crippen molar-refractivity contribution in [1.82, 2.24) is 0 Å². The lowest BCUT2D eigenvalue weighted by molar-refractivity contribution is -0.267. The smallest absolute Gasteiger partial charge is 0.334 e. The van der Waals surface area contributed by atoms with Gasteiger partial charge in [-0.15, -0.1) is 0 Å². The normalized spacial score (nSPS) is 44.3. The van der Waals surface area contributed by atoms with Gasteiger partial charge in [0.2, 0.25) is 0 Å². The number of rotatable bonds is 3. The number of carbonyl (C=O) groups is 2. The molecule has 3 fully saturated rings. The molecule has 7 heteroatoms. The Morgan fingerprint density at radius 2 is 2.04 bits per heavy atom. The van der Waals surface area contributed by atoms with Gasteiger partial charge in [0, 0.05) is 31.4 Å². The molecule has 7 nitrogen and oxygen atoms in total. The molecule has 0 amide bonds. The van der Waals surface area contributed by atoms with E-state index < -0.39 is 41.6 Å². The molecule has 3 aliphatic rings. The van der Waals surface area contributed by atoms with Gasteiger partial charge >= 0.3 is 11.9 Å². The van der Waals surface area contributed by atoms with Crippen LogP contribution in [0.1, 0.15) is 47.0 Å². The first-order valence-electron chi connectivity index (χ1n) is 9.56. The zero-order chi connectivity index (χ0) is 20.1. The zero-order valence-electron chi connectivity index (χ0n) is 16.7. The number of esters is 2. The van der Waals surface area contributed by atoms with Crippen molar-refractivity contribution in [2.45, 2.75) is 76.7 Å². The Morgan fingerprint density at radius 3 is 2.63 bits per heavy atom. The predicted molar refractivity (Wildman–Crippen MR) is 95.5 cm³/mol. The van der Waals surface area contributed by atoms with E-state index in [0.717, 1.165) is 0 Å². The third kappa shape index (κ3) is 3.30. The number of ether oxygens (including phenoxy) is 4. The molecule has 0 radical (unpaired) electrons. The predicted octanol–water partition coefficient (Wildman–Crippen LogP) is 1.96. The number of carbonyl (C=O) groups excluding carboxylic acids is 2. The second kappa shape index (κ2) is 6.87.